The number of rotatable bonds is 5. The summed E-state index contributed by atoms with van der Waals surface area (Å²) in [5, 5.41) is 3.68. The Hall–Kier alpha value is -0.930. The summed E-state index contributed by atoms with van der Waals surface area (Å²) < 4.78 is 13.3. The van der Waals surface area contributed by atoms with E-state index in [0.29, 0.717) is 18.1 Å². The Labute approximate surface area is 121 Å². The molecule has 1 N–H and O–H groups in total. The fraction of sp³-hybridized carbons (Fsp3) is 0.647. The van der Waals surface area contributed by atoms with Gasteiger partial charge in [-0.2, -0.15) is 0 Å². The van der Waals surface area contributed by atoms with Gasteiger partial charge in [0, 0.05) is 24.7 Å². The van der Waals surface area contributed by atoms with Gasteiger partial charge in [-0.1, -0.05) is 19.1 Å². The molecule has 2 heterocycles. The Morgan fingerprint density at radius 3 is 2.65 bits per heavy atom. The highest BCUT2D eigenvalue weighted by molar-refractivity contribution is 5.17. The van der Waals surface area contributed by atoms with Crippen LogP contribution in [0.3, 0.4) is 0 Å². The van der Waals surface area contributed by atoms with Crippen LogP contribution in [-0.2, 0) is 6.54 Å². The molecule has 110 valence electrons. The first-order valence-corrected chi connectivity index (χ1v) is 8.00. The maximum atomic E-state index is 13.3. The van der Waals surface area contributed by atoms with E-state index >= 15 is 0 Å². The molecule has 1 aromatic carbocycles. The molecule has 0 amide bonds. The van der Waals surface area contributed by atoms with Crippen LogP contribution in [0, 0.1) is 5.82 Å². The van der Waals surface area contributed by atoms with E-state index in [1.807, 2.05) is 12.1 Å². The highest BCUT2D eigenvalue weighted by Gasteiger charge is 2.40. The van der Waals surface area contributed by atoms with Gasteiger partial charge < -0.3 is 5.32 Å². The van der Waals surface area contributed by atoms with Crippen LogP contribution in [0.4, 0.5) is 4.39 Å². The van der Waals surface area contributed by atoms with Crippen molar-refractivity contribution in [3.05, 3.63) is 35.6 Å². The molecule has 0 spiro atoms. The SMILES string of the molecule is CCCNC1CC2CCC(C1)N2Cc1cccc(F)c1. The Kier molecular flexibility index (Phi) is 4.37. The molecule has 2 saturated heterocycles. The summed E-state index contributed by atoms with van der Waals surface area (Å²) in [4.78, 5) is 2.61. The molecule has 20 heavy (non-hydrogen) atoms. The largest absolute Gasteiger partial charge is 0.314 e. The molecule has 0 radical (unpaired) electrons. The molecule has 3 heteroatoms. The average molecular weight is 276 g/mol. The molecule has 2 atom stereocenters. The van der Waals surface area contributed by atoms with Crippen LogP contribution in [0.5, 0.6) is 0 Å². The maximum Gasteiger partial charge on any atom is 0.123 e. The summed E-state index contributed by atoms with van der Waals surface area (Å²) in [6, 6.07) is 9.14. The van der Waals surface area contributed by atoms with E-state index < -0.39 is 0 Å². The number of fused-ring (bicyclic) bond motifs is 2. The van der Waals surface area contributed by atoms with E-state index in [0.717, 1.165) is 18.7 Å². The summed E-state index contributed by atoms with van der Waals surface area (Å²) in [5.41, 5.74) is 1.11. The molecule has 0 saturated carbocycles. The summed E-state index contributed by atoms with van der Waals surface area (Å²) in [5.74, 6) is -0.116. The summed E-state index contributed by atoms with van der Waals surface area (Å²) in [6.07, 6.45) is 6.34. The lowest BCUT2D eigenvalue weighted by molar-refractivity contribution is 0.109. The first-order chi connectivity index (χ1) is 9.76. The van der Waals surface area contributed by atoms with Crippen molar-refractivity contribution in [3.8, 4) is 0 Å². The highest BCUT2D eigenvalue weighted by Crippen LogP contribution is 2.36. The number of nitrogens with one attached hydrogen (secondary N) is 1. The first kappa shape index (κ1) is 14.0. The smallest absolute Gasteiger partial charge is 0.123 e. The molecule has 2 aliphatic heterocycles. The minimum atomic E-state index is -0.116. The van der Waals surface area contributed by atoms with Crippen LogP contribution in [0.1, 0.15) is 44.6 Å². The first-order valence-electron chi connectivity index (χ1n) is 8.00. The average Bonchev–Trinajstić information content (AvgIpc) is 2.68. The molecule has 2 fully saturated rings. The number of halogens is 1. The van der Waals surface area contributed by atoms with Gasteiger partial charge in [-0.3, -0.25) is 4.90 Å². The molecule has 2 aliphatic rings. The summed E-state index contributed by atoms with van der Waals surface area (Å²) in [6.45, 7) is 4.27. The number of nitrogens with zero attached hydrogens (tertiary/aromatic N) is 1. The lowest BCUT2D eigenvalue weighted by Crippen LogP contribution is -2.48. The van der Waals surface area contributed by atoms with Gasteiger partial charge in [0.15, 0.2) is 0 Å². The lowest BCUT2D eigenvalue weighted by Gasteiger charge is -2.39. The zero-order chi connectivity index (χ0) is 13.9. The van der Waals surface area contributed by atoms with Gasteiger partial charge in [0.25, 0.3) is 0 Å². The number of benzene rings is 1. The Morgan fingerprint density at radius 2 is 2.00 bits per heavy atom. The third-order valence-electron chi connectivity index (χ3n) is 4.82. The predicted octanol–water partition coefficient (Wildman–Crippen LogP) is 3.32. The quantitative estimate of drug-likeness (QED) is 0.887. The maximum absolute atomic E-state index is 13.3. The van der Waals surface area contributed by atoms with Crippen molar-refractivity contribution in [2.45, 2.75) is 63.7 Å². The number of hydrogen-bond donors (Lipinski definition) is 1. The minimum absolute atomic E-state index is 0.116. The van der Waals surface area contributed by atoms with Crippen molar-refractivity contribution >= 4 is 0 Å². The third kappa shape index (κ3) is 3.04. The lowest BCUT2D eigenvalue weighted by atomic mass is 9.96. The summed E-state index contributed by atoms with van der Waals surface area (Å²) in [7, 11) is 0. The van der Waals surface area contributed by atoms with Crippen LogP contribution in [-0.4, -0.2) is 29.6 Å². The fourth-order valence-electron chi connectivity index (χ4n) is 3.89. The van der Waals surface area contributed by atoms with E-state index in [1.54, 1.807) is 6.07 Å². The molecule has 0 aromatic heterocycles. The normalized spacial score (nSPS) is 29.8. The minimum Gasteiger partial charge on any atom is -0.314 e. The van der Waals surface area contributed by atoms with Gasteiger partial charge in [0.05, 0.1) is 0 Å². The second-order valence-corrected chi connectivity index (χ2v) is 6.31. The molecule has 2 unspecified atom stereocenters. The van der Waals surface area contributed by atoms with E-state index in [-0.39, 0.29) is 5.82 Å². The van der Waals surface area contributed by atoms with Crippen LogP contribution < -0.4 is 5.32 Å². The van der Waals surface area contributed by atoms with Crippen molar-refractivity contribution in [2.75, 3.05) is 6.54 Å². The molecule has 1 aromatic rings. The fourth-order valence-corrected chi connectivity index (χ4v) is 3.89. The van der Waals surface area contributed by atoms with Crippen LogP contribution in [0.25, 0.3) is 0 Å². The van der Waals surface area contributed by atoms with Crippen LogP contribution in [0.15, 0.2) is 24.3 Å². The van der Waals surface area contributed by atoms with Crippen molar-refractivity contribution < 1.29 is 4.39 Å². The zero-order valence-corrected chi connectivity index (χ0v) is 12.3. The zero-order valence-electron chi connectivity index (χ0n) is 12.3. The van der Waals surface area contributed by atoms with Crippen LogP contribution in [0.2, 0.25) is 0 Å². The van der Waals surface area contributed by atoms with Gasteiger partial charge in [0.2, 0.25) is 0 Å². The Morgan fingerprint density at radius 1 is 1.25 bits per heavy atom. The standard InChI is InChI=1S/C17H25FN2/c1-2-8-19-15-10-16-6-7-17(11-15)20(16)12-13-4-3-5-14(18)9-13/h3-5,9,15-17,19H,2,6-8,10-12H2,1H3. The molecular weight excluding hydrogens is 251 g/mol. The molecule has 0 aliphatic carbocycles. The Bertz CT molecular complexity index is 434. The van der Waals surface area contributed by atoms with Crippen molar-refractivity contribution in [3.63, 3.8) is 0 Å². The third-order valence-corrected chi connectivity index (χ3v) is 4.82. The van der Waals surface area contributed by atoms with Gasteiger partial charge in [-0.15, -0.1) is 0 Å². The second kappa shape index (κ2) is 6.23. The van der Waals surface area contributed by atoms with Gasteiger partial charge in [-0.05, 0) is 56.3 Å². The van der Waals surface area contributed by atoms with E-state index in [4.69, 9.17) is 0 Å². The van der Waals surface area contributed by atoms with Gasteiger partial charge in [0.1, 0.15) is 5.82 Å². The monoisotopic (exact) mass is 276 g/mol. The highest BCUT2D eigenvalue weighted by atomic mass is 19.1. The van der Waals surface area contributed by atoms with E-state index in [1.165, 1.54) is 38.2 Å². The molecular formula is C17H25FN2. The summed E-state index contributed by atoms with van der Waals surface area (Å²) >= 11 is 0. The predicted molar refractivity (Wildman–Crippen MR) is 80.1 cm³/mol. The van der Waals surface area contributed by atoms with Crippen molar-refractivity contribution in [1.82, 2.24) is 10.2 Å². The van der Waals surface area contributed by atoms with Gasteiger partial charge >= 0.3 is 0 Å². The van der Waals surface area contributed by atoms with Gasteiger partial charge in [-0.25, -0.2) is 4.39 Å². The second-order valence-electron chi connectivity index (χ2n) is 6.31. The topological polar surface area (TPSA) is 15.3 Å². The van der Waals surface area contributed by atoms with E-state index in [2.05, 4.69) is 17.1 Å². The van der Waals surface area contributed by atoms with Crippen LogP contribution >= 0.6 is 0 Å². The molecule has 2 bridgehead atoms. The Balaban J connectivity index is 1.62. The molecule has 2 nitrogen and oxygen atoms in total. The van der Waals surface area contributed by atoms with Crippen molar-refractivity contribution in [1.29, 1.82) is 0 Å². The van der Waals surface area contributed by atoms with Crippen molar-refractivity contribution in [2.24, 2.45) is 0 Å². The molecule has 3 rings (SSSR count). The number of hydrogen-bond acceptors (Lipinski definition) is 2. The van der Waals surface area contributed by atoms with E-state index in [9.17, 15) is 4.39 Å². The number of piperidine rings is 1.